The molecule has 3 aromatic rings. The second kappa shape index (κ2) is 9.37. The molecule has 0 spiro atoms. The number of halogens is 6. The zero-order chi connectivity index (χ0) is 25.4. The van der Waals surface area contributed by atoms with Crippen LogP contribution in [-0.2, 0) is 11.0 Å². The molecule has 2 aromatic heterocycles. The van der Waals surface area contributed by atoms with Gasteiger partial charge in [0.2, 0.25) is 0 Å². The van der Waals surface area contributed by atoms with E-state index in [0.717, 1.165) is 17.0 Å². The van der Waals surface area contributed by atoms with Crippen LogP contribution in [0.4, 0.5) is 27.8 Å². The first kappa shape index (κ1) is 24.8. The number of anilines is 1. The molecule has 1 aliphatic rings. The number of hydrogen-bond acceptors (Lipinski definition) is 5. The molecule has 3 heterocycles. The molecule has 1 saturated heterocycles. The van der Waals surface area contributed by atoms with Gasteiger partial charge >= 0.3 is 12.1 Å². The Labute approximate surface area is 202 Å². The van der Waals surface area contributed by atoms with Gasteiger partial charge in [-0.3, -0.25) is 14.8 Å². The Hall–Kier alpha value is -3.34. The fourth-order valence-corrected chi connectivity index (χ4v) is 3.94. The third-order valence-corrected chi connectivity index (χ3v) is 5.84. The number of carbonyl (C=O) groups excluding carboxylic acids is 1. The van der Waals surface area contributed by atoms with E-state index in [1.807, 2.05) is 0 Å². The maximum atomic E-state index is 13.4. The van der Waals surface area contributed by atoms with Gasteiger partial charge in [0.1, 0.15) is 11.5 Å². The summed E-state index contributed by atoms with van der Waals surface area (Å²) in [5, 5.41) is 0.271. The Balaban J connectivity index is 1.68. The second-order valence-electron chi connectivity index (χ2n) is 8.02. The number of rotatable bonds is 4. The van der Waals surface area contributed by atoms with Crippen molar-refractivity contribution in [2.75, 3.05) is 31.1 Å². The highest BCUT2D eigenvalue weighted by Crippen LogP contribution is 2.36. The van der Waals surface area contributed by atoms with E-state index in [2.05, 4.69) is 15.0 Å². The summed E-state index contributed by atoms with van der Waals surface area (Å²) in [5.41, 5.74) is 0.730. The number of amides is 1. The van der Waals surface area contributed by atoms with Crippen LogP contribution >= 0.6 is 11.6 Å². The average Bonchev–Trinajstić information content (AvgIpc) is 2.83. The number of benzene rings is 1. The normalized spacial score (nSPS) is 14.8. The van der Waals surface area contributed by atoms with Gasteiger partial charge in [-0.25, -0.2) is 4.98 Å². The molecule has 4 rings (SSSR count). The van der Waals surface area contributed by atoms with Gasteiger partial charge in [-0.2, -0.15) is 22.0 Å². The number of piperazine rings is 1. The van der Waals surface area contributed by atoms with Crippen LogP contribution in [0.15, 0.2) is 48.9 Å². The van der Waals surface area contributed by atoms with Crippen LogP contribution in [0, 0.1) is 0 Å². The molecule has 0 radical (unpaired) electrons. The zero-order valence-electron chi connectivity index (χ0n) is 18.4. The minimum Gasteiger partial charge on any atom is -0.352 e. The van der Waals surface area contributed by atoms with E-state index in [1.54, 1.807) is 11.0 Å². The van der Waals surface area contributed by atoms with Crippen molar-refractivity contribution in [2.45, 2.75) is 19.0 Å². The third kappa shape index (κ3) is 5.34. The summed E-state index contributed by atoms with van der Waals surface area (Å²) in [5.74, 6) is -4.26. The van der Waals surface area contributed by atoms with Crippen molar-refractivity contribution >= 4 is 23.3 Å². The van der Waals surface area contributed by atoms with E-state index in [0.29, 0.717) is 35.3 Å². The van der Waals surface area contributed by atoms with Gasteiger partial charge in [-0.15, -0.1) is 0 Å². The van der Waals surface area contributed by atoms with Gasteiger partial charge < -0.3 is 9.80 Å². The fourth-order valence-electron chi connectivity index (χ4n) is 3.73. The molecule has 6 nitrogen and oxygen atoms in total. The van der Waals surface area contributed by atoms with Crippen molar-refractivity contribution < 1.29 is 26.7 Å². The Morgan fingerprint density at radius 2 is 1.60 bits per heavy atom. The lowest BCUT2D eigenvalue weighted by atomic mass is 10.0. The van der Waals surface area contributed by atoms with Gasteiger partial charge in [-0.05, 0) is 18.2 Å². The van der Waals surface area contributed by atoms with E-state index < -0.39 is 23.6 Å². The van der Waals surface area contributed by atoms with Crippen molar-refractivity contribution in [2.24, 2.45) is 0 Å². The number of hydrogen-bond donors (Lipinski definition) is 0. The highest BCUT2D eigenvalue weighted by molar-refractivity contribution is 6.33. The minimum absolute atomic E-state index is 0.0793. The molecule has 0 saturated carbocycles. The third-order valence-electron chi connectivity index (χ3n) is 5.54. The van der Waals surface area contributed by atoms with Crippen molar-refractivity contribution in [3.8, 4) is 22.5 Å². The largest absolute Gasteiger partial charge is 0.416 e. The van der Waals surface area contributed by atoms with E-state index in [1.165, 1.54) is 30.7 Å². The molecule has 1 aromatic carbocycles. The van der Waals surface area contributed by atoms with Gasteiger partial charge in [0.25, 0.3) is 5.91 Å². The molecule has 0 N–H and O–H groups in total. The molecule has 0 bridgehead atoms. The molecule has 0 atom stereocenters. The molecule has 12 heteroatoms. The van der Waals surface area contributed by atoms with Crippen molar-refractivity contribution in [3.05, 3.63) is 59.5 Å². The lowest BCUT2D eigenvalue weighted by Crippen LogP contribution is -2.52. The Morgan fingerprint density at radius 1 is 0.943 bits per heavy atom. The van der Waals surface area contributed by atoms with E-state index in [-0.39, 0.29) is 31.2 Å². The van der Waals surface area contributed by atoms with Crippen LogP contribution < -0.4 is 4.90 Å². The van der Waals surface area contributed by atoms with Gasteiger partial charge in [0.05, 0.1) is 22.5 Å². The maximum absolute atomic E-state index is 13.4. The molecule has 1 aliphatic heterocycles. The zero-order valence-corrected chi connectivity index (χ0v) is 19.1. The SMILES string of the molecule is CC(F)(F)C(=O)N1CCN(c2cnc(-c3ccc(C(F)(F)F)cc3)c(-c3ccncc3Cl)n2)CC1. The van der Waals surface area contributed by atoms with Gasteiger partial charge in [-0.1, -0.05) is 23.7 Å². The Kier molecular flexibility index (Phi) is 6.63. The Morgan fingerprint density at radius 3 is 2.17 bits per heavy atom. The first-order valence-corrected chi connectivity index (χ1v) is 10.9. The first-order chi connectivity index (χ1) is 16.4. The summed E-state index contributed by atoms with van der Waals surface area (Å²) >= 11 is 6.33. The van der Waals surface area contributed by atoms with Crippen LogP contribution in [-0.4, -0.2) is 57.9 Å². The molecule has 184 valence electrons. The summed E-state index contributed by atoms with van der Waals surface area (Å²) in [6.45, 7) is 1.23. The fraction of sp³-hybridized carbons (Fsp3) is 0.304. The minimum atomic E-state index is -4.48. The van der Waals surface area contributed by atoms with E-state index in [9.17, 15) is 26.7 Å². The summed E-state index contributed by atoms with van der Waals surface area (Å²) in [6, 6.07) is 6.15. The highest BCUT2D eigenvalue weighted by Gasteiger charge is 2.38. The number of pyridine rings is 1. The number of carbonyl (C=O) groups is 1. The maximum Gasteiger partial charge on any atom is 0.416 e. The lowest BCUT2D eigenvalue weighted by molar-refractivity contribution is -0.155. The molecule has 0 unspecified atom stereocenters. The lowest BCUT2D eigenvalue weighted by Gasteiger charge is -2.36. The number of nitrogens with zero attached hydrogens (tertiary/aromatic N) is 5. The Bertz CT molecular complexity index is 1220. The van der Waals surface area contributed by atoms with Crippen LogP contribution in [0.25, 0.3) is 22.5 Å². The monoisotopic (exact) mass is 511 g/mol. The number of aromatic nitrogens is 3. The summed E-state index contributed by atoms with van der Waals surface area (Å²) in [4.78, 5) is 27.8. The second-order valence-corrected chi connectivity index (χ2v) is 8.43. The van der Waals surface area contributed by atoms with Crippen LogP contribution in [0.5, 0.6) is 0 Å². The molecule has 35 heavy (non-hydrogen) atoms. The van der Waals surface area contributed by atoms with Crippen LogP contribution in [0.3, 0.4) is 0 Å². The van der Waals surface area contributed by atoms with E-state index in [4.69, 9.17) is 11.6 Å². The predicted octanol–water partition coefficient (Wildman–Crippen LogP) is 5.18. The smallest absolute Gasteiger partial charge is 0.352 e. The summed E-state index contributed by atoms with van der Waals surface area (Å²) in [6.07, 6.45) is -0.105. The molecular weight excluding hydrogens is 493 g/mol. The predicted molar refractivity (Wildman–Crippen MR) is 120 cm³/mol. The first-order valence-electron chi connectivity index (χ1n) is 10.5. The summed E-state index contributed by atoms with van der Waals surface area (Å²) < 4.78 is 65.8. The average molecular weight is 512 g/mol. The van der Waals surface area contributed by atoms with E-state index >= 15 is 0 Å². The van der Waals surface area contributed by atoms with Crippen molar-refractivity contribution in [3.63, 3.8) is 0 Å². The van der Waals surface area contributed by atoms with Crippen LogP contribution in [0.2, 0.25) is 5.02 Å². The summed E-state index contributed by atoms with van der Waals surface area (Å²) in [7, 11) is 0. The molecular formula is C23H19ClF5N5O. The van der Waals surface area contributed by atoms with Gasteiger partial charge in [0, 0.05) is 56.6 Å². The topological polar surface area (TPSA) is 62.2 Å². The molecule has 1 fully saturated rings. The molecule has 0 aliphatic carbocycles. The quantitative estimate of drug-likeness (QED) is 0.452. The van der Waals surface area contributed by atoms with Crippen molar-refractivity contribution in [1.82, 2.24) is 19.9 Å². The number of alkyl halides is 5. The highest BCUT2D eigenvalue weighted by atomic mass is 35.5. The standard InChI is InChI=1S/C23H19ClF5N5O/c1-22(25,26)21(35)34-10-8-33(9-11-34)18-13-31-19(14-2-4-15(5-3-14)23(27,28)29)20(32-18)16-6-7-30-12-17(16)24/h2-7,12-13H,8-11H2,1H3. The van der Waals surface area contributed by atoms with Crippen molar-refractivity contribution in [1.29, 1.82) is 0 Å². The van der Waals surface area contributed by atoms with Crippen LogP contribution in [0.1, 0.15) is 12.5 Å². The molecule has 1 amide bonds. The van der Waals surface area contributed by atoms with Gasteiger partial charge in [0.15, 0.2) is 0 Å².